The van der Waals surface area contributed by atoms with E-state index in [-0.39, 0.29) is 12.0 Å². The molecule has 2 unspecified atom stereocenters. The summed E-state index contributed by atoms with van der Waals surface area (Å²) >= 11 is 0. The van der Waals surface area contributed by atoms with Crippen LogP contribution in [0.3, 0.4) is 0 Å². The Morgan fingerprint density at radius 2 is 1.81 bits per heavy atom. The van der Waals surface area contributed by atoms with E-state index in [1.807, 2.05) is 6.92 Å². The first kappa shape index (κ1) is 26.3. The number of nitrogens with one attached hydrogen (secondary N) is 1. The molecule has 19 heteroatoms. The average molecular weight is 510 g/mol. The van der Waals surface area contributed by atoms with E-state index in [2.05, 4.69) is 18.1 Å². The third kappa shape index (κ3) is 7.82. The summed E-state index contributed by atoms with van der Waals surface area (Å²) < 4.78 is 51.9. The SMILES string of the molecule is CCCn1cc([C@H]2C[C@@H](O)[C@@H](COP(=O)(O)OP(=O)(O)OP(=O)(O)O)O2)c(=O)[nH]c1=O. The van der Waals surface area contributed by atoms with E-state index in [1.165, 1.54) is 10.8 Å². The number of hydrogen-bond acceptors (Lipinski definition) is 10. The lowest BCUT2D eigenvalue weighted by Gasteiger charge is -2.19. The second-order valence-electron chi connectivity index (χ2n) is 6.39. The summed E-state index contributed by atoms with van der Waals surface area (Å²) in [5.41, 5.74) is -1.35. The molecule has 31 heavy (non-hydrogen) atoms. The van der Waals surface area contributed by atoms with Crippen LogP contribution in [0.15, 0.2) is 15.8 Å². The van der Waals surface area contributed by atoms with E-state index < -0.39 is 59.6 Å². The fourth-order valence-corrected chi connectivity index (χ4v) is 5.74. The first-order valence-corrected chi connectivity index (χ1v) is 13.1. The zero-order valence-electron chi connectivity index (χ0n) is 15.8. The zero-order valence-corrected chi connectivity index (χ0v) is 18.5. The Kier molecular flexibility index (Phi) is 8.37. The van der Waals surface area contributed by atoms with E-state index in [9.17, 15) is 33.3 Å². The molecule has 0 amide bonds. The van der Waals surface area contributed by atoms with Crippen molar-refractivity contribution >= 4 is 23.5 Å². The molecule has 6 N–H and O–H groups in total. The number of aliphatic hydroxyl groups is 1. The summed E-state index contributed by atoms with van der Waals surface area (Å²) in [6.45, 7) is 1.26. The van der Waals surface area contributed by atoms with E-state index in [0.717, 1.165) is 0 Å². The van der Waals surface area contributed by atoms with Gasteiger partial charge in [0, 0.05) is 19.2 Å². The smallest absolute Gasteiger partial charge is 0.390 e. The highest BCUT2D eigenvalue weighted by atomic mass is 31.3. The third-order valence-corrected chi connectivity index (χ3v) is 7.69. The maximum Gasteiger partial charge on any atom is 0.490 e. The Bertz CT molecular complexity index is 1050. The fraction of sp³-hybridized carbons (Fsp3) is 0.667. The Morgan fingerprint density at radius 3 is 2.39 bits per heavy atom. The minimum absolute atomic E-state index is 0.0212. The molecule has 16 nitrogen and oxygen atoms in total. The Hall–Kier alpha value is -0.990. The molecule has 1 aliphatic heterocycles. The van der Waals surface area contributed by atoms with Crippen molar-refractivity contribution < 1.29 is 56.3 Å². The van der Waals surface area contributed by atoms with Crippen molar-refractivity contribution in [2.24, 2.45) is 0 Å². The van der Waals surface area contributed by atoms with Crippen LogP contribution < -0.4 is 11.2 Å². The number of ether oxygens (including phenoxy) is 1. The number of phosphoric ester groups is 1. The Morgan fingerprint density at radius 1 is 1.16 bits per heavy atom. The quantitative estimate of drug-likeness (QED) is 0.217. The van der Waals surface area contributed by atoms with Gasteiger partial charge in [0.25, 0.3) is 5.56 Å². The highest BCUT2D eigenvalue weighted by molar-refractivity contribution is 7.66. The topological polar surface area (TPSA) is 244 Å². The molecule has 1 fully saturated rings. The van der Waals surface area contributed by atoms with Crippen molar-refractivity contribution in [3.05, 3.63) is 32.6 Å². The number of aromatic nitrogens is 2. The first-order valence-electron chi connectivity index (χ1n) is 8.58. The van der Waals surface area contributed by atoms with E-state index in [4.69, 9.17) is 19.4 Å². The van der Waals surface area contributed by atoms with Crippen molar-refractivity contribution in [1.82, 2.24) is 9.55 Å². The summed E-state index contributed by atoms with van der Waals surface area (Å²) in [4.78, 5) is 61.5. The lowest BCUT2D eigenvalue weighted by atomic mass is 10.1. The number of rotatable bonds is 10. The van der Waals surface area contributed by atoms with Crippen molar-refractivity contribution in [1.29, 1.82) is 0 Å². The van der Waals surface area contributed by atoms with Gasteiger partial charge in [-0.1, -0.05) is 6.92 Å². The molecule has 178 valence electrons. The first-order chi connectivity index (χ1) is 14.1. The molecular weight excluding hydrogens is 489 g/mol. The van der Waals surface area contributed by atoms with Crippen molar-refractivity contribution in [3.63, 3.8) is 0 Å². The molecular formula is C12H21N2O14P3. The molecule has 0 bridgehead atoms. The molecule has 2 heterocycles. The minimum atomic E-state index is -5.68. The van der Waals surface area contributed by atoms with Crippen LogP contribution in [0.25, 0.3) is 0 Å². The lowest BCUT2D eigenvalue weighted by Crippen LogP contribution is -2.32. The normalized spacial score (nSPS) is 25.8. The van der Waals surface area contributed by atoms with Crippen molar-refractivity contribution in [2.45, 2.75) is 44.6 Å². The highest BCUT2D eigenvalue weighted by Crippen LogP contribution is 2.66. The lowest BCUT2D eigenvalue weighted by molar-refractivity contribution is -0.0225. The molecule has 0 aliphatic carbocycles. The summed E-state index contributed by atoms with van der Waals surface area (Å²) in [7, 11) is -16.6. The summed E-state index contributed by atoms with van der Waals surface area (Å²) in [6, 6.07) is 0. The zero-order chi connectivity index (χ0) is 23.6. The van der Waals surface area contributed by atoms with Gasteiger partial charge in [-0.15, -0.1) is 0 Å². The third-order valence-electron chi connectivity index (χ3n) is 3.89. The highest BCUT2D eigenvalue weighted by Gasteiger charge is 2.43. The van der Waals surface area contributed by atoms with Gasteiger partial charge < -0.3 is 34.0 Å². The Balaban J connectivity index is 2.06. The minimum Gasteiger partial charge on any atom is -0.390 e. The van der Waals surface area contributed by atoms with Gasteiger partial charge in [-0.3, -0.25) is 14.3 Å². The number of phosphoric acid groups is 3. The van der Waals surface area contributed by atoms with Gasteiger partial charge in [-0.2, -0.15) is 8.62 Å². The Labute approximate surface area is 173 Å². The summed E-state index contributed by atoms with van der Waals surface area (Å²) in [5.74, 6) is 0. The van der Waals surface area contributed by atoms with E-state index >= 15 is 0 Å². The molecule has 1 aromatic rings. The second-order valence-corrected chi connectivity index (χ2v) is 10.8. The van der Waals surface area contributed by atoms with Crippen LogP contribution >= 0.6 is 23.5 Å². The van der Waals surface area contributed by atoms with Crippen LogP contribution in [0, 0.1) is 0 Å². The number of hydrogen-bond donors (Lipinski definition) is 6. The summed E-state index contributed by atoms with van der Waals surface area (Å²) in [5, 5.41) is 10.1. The number of aryl methyl sites for hydroxylation is 1. The molecule has 1 saturated heterocycles. The maximum atomic E-state index is 12.1. The predicted octanol–water partition coefficient (Wildman–Crippen LogP) is -0.519. The van der Waals surface area contributed by atoms with Gasteiger partial charge in [-0.25, -0.2) is 18.5 Å². The molecule has 1 aromatic heterocycles. The van der Waals surface area contributed by atoms with Crippen LogP contribution in [-0.4, -0.2) is 53.0 Å². The molecule has 2 rings (SSSR count). The predicted molar refractivity (Wildman–Crippen MR) is 99.7 cm³/mol. The fourth-order valence-electron chi connectivity index (χ4n) is 2.71. The number of H-pyrrole nitrogens is 1. The molecule has 0 spiro atoms. The maximum absolute atomic E-state index is 12.1. The largest absolute Gasteiger partial charge is 0.490 e. The molecule has 0 saturated carbocycles. The summed E-state index contributed by atoms with van der Waals surface area (Å²) in [6.07, 6.45) is -1.87. The van der Waals surface area contributed by atoms with Crippen LogP contribution in [0.2, 0.25) is 0 Å². The second kappa shape index (κ2) is 9.87. The molecule has 0 aromatic carbocycles. The van der Waals surface area contributed by atoms with Gasteiger partial charge >= 0.3 is 29.2 Å². The van der Waals surface area contributed by atoms with E-state index in [0.29, 0.717) is 13.0 Å². The number of nitrogens with zero attached hydrogens (tertiary/aromatic N) is 1. The standard InChI is InChI=1S/C12H21N2O14P3/c1-2-3-14-5-7(11(16)13-12(14)17)9-4-8(15)10(26-9)6-25-30(21,22)28-31(23,24)27-29(18,19)20/h5,8-10,15H,2-4,6H2,1H3,(H,21,22)(H,23,24)(H,13,16,17)(H2,18,19,20)/t8-,9-,10-/m1/s1. The van der Waals surface area contributed by atoms with Gasteiger partial charge in [-0.05, 0) is 6.42 Å². The monoisotopic (exact) mass is 510 g/mol. The average Bonchev–Trinajstić information content (AvgIpc) is 2.93. The van der Waals surface area contributed by atoms with Crippen LogP contribution in [-0.2, 0) is 38.1 Å². The van der Waals surface area contributed by atoms with Crippen LogP contribution in [0.5, 0.6) is 0 Å². The van der Waals surface area contributed by atoms with Crippen LogP contribution in [0.4, 0.5) is 0 Å². The van der Waals surface area contributed by atoms with Crippen molar-refractivity contribution in [3.8, 4) is 0 Å². The van der Waals surface area contributed by atoms with Gasteiger partial charge in [0.2, 0.25) is 0 Å². The molecule has 1 aliphatic rings. The van der Waals surface area contributed by atoms with E-state index in [1.54, 1.807) is 0 Å². The number of aromatic amines is 1. The number of aliphatic hydroxyl groups excluding tert-OH is 1. The van der Waals surface area contributed by atoms with Gasteiger partial charge in [0.1, 0.15) is 6.10 Å². The molecule has 5 atom stereocenters. The van der Waals surface area contributed by atoms with Gasteiger partial charge in [0.15, 0.2) is 0 Å². The van der Waals surface area contributed by atoms with Crippen LogP contribution in [0.1, 0.15) is 31.4 Å². The molecule has 0 radical (unpaired) electrons. The van der Waals surface area contributed by atoms with Gasteiger partial charge in [0.05, 0.1) is 24.4 Å². The van der Waals surface area contributed by atoms with Crippen molar-refractivity contribution in [2.75, 3.05) is 6.61 Å².